The minimum Gasteiger partial charge on any atom is -0.374 e. The number of aromatic nitrogens is 4. The zero-order chi connectivity index (χ0) is 21.9. The van der Waals surface area contributed by atoms with Crippen LogP contribution in [0.4, 0.5) is 24.9 Å². The number of fused-ring (bicyclic) bond motifs is 3. The number of morpholine rings is 1. The van der Waals surface area contributed by atoms with E-state index >= 15 is 0 Å². The summed E-state index contributed by atoms with van der Waals surface area (Å²) >= 11 is 0. The van der Waals surface area contributed by atoms with E-state index in [-0.39, 0.29) is 43.2 Å². The summed E-state index contributed by atoms with van der Waals surface area (Å²) in [5.41, 5.74) is 2.19. The Labute approximate surface area is 177 Å². The first-order valence-corrected chi connectivity index (χ1v) is 10.6. The molecule has 3 aliphatic heterocycles. The molecule has 5 heterocycles. The van der Waals surface area contributed by atoms with Crippen LogP contribution >= 0.6 is 0 Å². The van der Waals surface area contributed by atoms with Crippen molar-refractivity contribution in [1.29, 1.82) is 0 Å². The van der Waals surface area contributed by atoms with E-state index < -0.39 is 12.2 Å². The maximum atomic E-state index is 13.9. The molecule has 0 aromatic carbocycles. The quantitative estimate of drug-likeness (QED) is 0.786. The Morgan fingerprint density at radius 2 is 2.13 bits per heavy atom. The molecule has 0 aliphatic carbocycles. The normalized spacial score (nSPS) is 25.4. The summed E-state index contributed by atoms with van der Waals surface area (Å²) in [5.74, 6) is 0.536. The number of ether oxygens (including phenoxy) is 1. The average molecular weight is 438 g/mol. The van der Waals surface area contributed by atoms with Gasteiger partial charge in [0, 0.05) is 31.4 Å². The van der Waals surface area contributed by atoms with Crippen LogP contribution in [0.5, 0.6) is 0 Å². The van der Waals surface area contributed by atoms with Gasteiger partial charge >= 0.3 is 6.18 Å². The Bertz CT molecular complexity index is 1030. The van der Waals surface area contributed by atoms with Crippen LogP contribution in [-0.2, 0) is 17.7 Å². The molecule has 5 rings (SSSR count). The van der Waals surface area contributed by atoms with Crippen LogP contribution in [-0.4, -0.2) is 63.8 Å². The van der Waals surface area contributed by atoms with Crippen LogP contribution in [0.25, 0.3) is 0 Å². The molecule has 2 unspecified atom stereocenters. The summed E-state index contributed by atoms with van der Waals surface area (Å²) < 4.78 is 48.8. The number of aromatic amines is 1. The highest BCUT2D eigenvalue weighted by Gasteiger charge is 2.47. The molecule has 2 fully saturated rings. The summed E-state index contributed by atoms with van der Waals surface area (Å²) in [5, 5.41) is 7.02. The van der Waals surface area contributed by atoms with Gasteiger partial charge in [0.2, 0.25) is 5.95 Å². The number of halogens is 3. The second-order valence-corrected chi connectivity index (χ2v) is 8.60. The summed E-state index contributed by atoms with van der Waals surface area (Å²) in [7, 11) is 0. The van der Waals surface area contributed by atoms with Crippen molar-refractivity contribution in [3.05, 3.63) is 33.4 Å². The van der Waals surface area contributed by atoms with Crippen LogP contribution in [0, 0.1) is 13.8 Å². The summed E-state index contributed by atoms with van der Waals surface area (Å²) in [6, 6.07) is -0.118. The third-order valence-corrected chi connectivity index (χ3v) is 6.69. The SMILES string of the molecule is Cc1n[nH]c(C)c1CCN1c2nc(N3CC4CC3CO4)cc(=O)n2CC[C@H]1C(F)(F)F. The molecule has 11 heteroatoms. The topological polar surface area (TPSA) is 79.3 Å². The number of hydrogen-bond acceptors (Lipinski definition) is 6. The zero-order valence-corrected chi connectivity index (χ0v) is 17.4. The van der Waals surface area contributed by atoms with E-state index in [4.69, 9.17) is 4.74 Å². The Balaban J connectivity index is 1.52. The van der Waals surface area contributed by atoms with Crippen LogP contribution in [0.2, 0.25) is 0 Å². The molecule has 0 amide bonds. The van der Waals surface area contributed by atoms with E-state index in [1.54, 1.807) is 0 Å². The van der Waals surface area contributed by atoms with Crippen molar-refractivity contribution in [3.8, 4) is 0 Å². The number of rotatable bonds is 4. The molecule has 0 spiro atoms. The second kappa shape index (κ2) is 7.25. The van der Waals surface area contributed by atoms with Crippen molar-refractivity contribution in [3.63, 3.8) is 0 Å². The predicted octanol–water partition coefficient (Wildman–Crippen LogP) is 1.94. The molecular weight excluding hydrogens is 413 g/mol. The monoisotopic (exact) mass is 438 g/mol. The highest BCUT2D eigenvalue weighted by Crippen LogP contribution is 2.36. The van der Waals surface area contributed by atoms with Gasteiger partial charge in [0.05, 0.1) is 24.4 Å². The number of hydrogen-bond donors (Lipinski definition) is 1. The highest BCUT2D eigenvalue weighted by atomic mass is 19.4. The first kappa shape index (κ1) is 20.3. The van der Waals surface area contributed by atoms with Gasteiger partial charge in [-0.25, -0.2) is 0 Å². The van der Waals surface area contributed by atoms with Gasteiger partial charge < -0.3 is 14.5 Å². The number of nitrogens with one attached hydrogen (secondary N) is 1. The predicted molar refractivity (Wildman–Crippen MR) is 108 cm³/mol. The smallest absolute Gasteiger partial charge is 0.374 e. The summed E-state index contributed by atoms with van der Waals surface area (Å²) in [4.78, 5) is 20.7. The molecule has 2 saturated heterocycles. The van der Waals surface area contributed by atoms with Gasteiger partial charge in [0.25, 0.3) is 5.56 Å². The Morgan fingerprint density at radius 3 is 2.74 bits per heavy atom. The molecule has 0 saturated carbocycles. The minimum atomic E-state index is -4.42. The molecule has 2 aromatic rings. The standard InChI is InChI=1S/C20H25F3N6O2/c1-11-15(12(2)26-25-11)3-5-27-16(20(21,22)23)4-6-28-18(30)8-17(24-19(27)28)29-9-14-7-13(29)10-31-14/h8,13-14,16H,3-7,9-10H2,1-2H3,(H,25,26)/t13?,14?,16-/m0/s1. The van der Waals surface area contributed by atoms with E-state index in [1.165, 1.54) is 15.5 Å². The van der Waals surface area contributed by atoms with E-state index in [0.717, 1.165) is 23.4 Å². The Hall–Kier alpha value is -2.56. The fourth-order valence-electron chi connectivity index (χ4n) is 5.06. The van der Waals surface area contributed by atoms with E-state index in [0.29, 0.717) is 25.4 Å². The van der Waals surface area contributed by atoms with Crippen molar-refractivity contribution in [1.82, 2.24) is 19.7 Å². The van der Waals surface area contributed by atoms with E-state index in [1.807, 2.05) is 18.7 Å². The van der Waals surface area contributed by atoms with Crippen molar-refractivity contribution >= 4 is 11.8 Å². The number of anilines is 2. The number of alkyl halides is 3. The molecule has 2 aromatic heterocycles. The van der Waals surface area contributed by atoms with Crippen LogP contribution in [0.3, 0.4) is 0 Å². The Morgan fingerprint density at radius 1 is 1.32 bits per heavy atom. The fraction of sp³-hybridized carbons (Fsp3) is 0.650. The van der Waals surface area contributed by atoms with Crippen molar-refractivity contribution in [2.45, 2.75) is 64.0 Å². The lowest BCUT2D eigenvalue weighted by Gasteiger charge is -2.39. The van der Waals surface area contributed by atoms with Crippen molar-refractivity contribution in [2.75, 3.05) is 29.5 Å². The number of H-pyrrole nitrogens is 1. The maximum Gasteiger partial charge on any atom is 0.408 e. The molecule has 1 N–H and O–H groups in total. The van der Waals surface area contributed by atoms with Gasteiger partial charge in [-0.1, -0.05) is 0 Å². The summed E-state index contributed by atoms with van der Waals surface area (Å²) in [6.45, 7) is 4.94. The number of nitrogens with zero attached hydrogens (tertiary/aromatic N) is 5. The van der Waals surface area contributed by atoms with Crippen molar-refractivity contribution < 1.29 is 17.9 Å². The van der Waals surface area contributed by atoms with Crippen LogP contribution < -0.4 is 15.4 Å². The lowest BCUT2D eigenvalue weighted by Crippen LogP contribution is -2.53. The van der Waals surface area contributed by atoms with Gasteiger partial charge in [-0.3, -0.25) is 14.5 Å². The molecular formula is C20H25F3N6O2. The van der Waals surface area contributed by atoms with Gasteiger partial charge in [-0.05, 0) is 38.7 Å². The highest BCUT2D eigenvalue weighted by molar-refractivity contribution is 5.49. The molecule has 0 radical (unpaired) electrons. The lowest BCUT2D eigenvalue weighted by atomic mass is 10.1. The molecule has 168 valence electrons. The van der Waals surface area contributed by atoms with Gasteiger partial charge in [-0.2, -0.15) is 23.3 Å². The molecule has 3 aliphatic rings. The van der Waals surface area contributed by atoms with E-state index in [2.05, 4.69) is 15.2 Å². The molecule has 8 nitrogen and oxygen atoms in total. The first-order chi connectivity index (χ1) is 14.7. The van der Waals surface area contributed by atoms with Gasteiger partial charge in [-0.15, -0.1) is 0 Å². The first-order valence-electron chi connectivity index (χ1n) is 10.6. The largest absolute Gasteiger partial charge is 0.408 e. The molecule has 3 atom stereocenters. The fourth-order valence-corrected chi connectivity index (χ4v) is 5.06. The molecule has 31 heavy (non-hydrogen) atoms. The third kappa shape index (κ3) is 3.48. The van der Waals surface area contributed by atoms with Crippen molar-refractivity contribution in [2.24, 2.45) is 0 Å². The lowest BCUT2D eigenvalue weighted by molar-refractivity contribution is -0.152. The molecule has 2 bridgehead atoms. The van der Waals surface area contributed by atoms with Crippen LogP contribution in [0.15, 0.2) is 10.9 Å². The van der Waals surface area contributed by atoms with Crippen LogP contribution in [0.1, 0.15) is 29.8 Å². The second-order valence-electron chi connectivity index (χ2n) is 8.60. The van der Waals surface area contributed by atoms with Gasteiger partial charge in [0.15, 0.2) is 0 Å². The minimum absolute atomic E-state index is 0.00105. The average Bonchev–Trinajstić information content (AvgIpc) is 3.42. The zero-order valence-electron chi connectivity index (χ0n) is 17.4. The number of aryl methyl sites for hydroxylation is 2. The third-order valence-electron chi connectivity index (χ3n) is 6.69. The summed E-state index contributed by atoms with van der Waals surface area (Å²) in [6.07, 6.45) is -3.27. The maximum absolute atomic E-state index is 13.9. The Kier molecular flexibility index (Phi) is 4.76. The van der Waals surface area contributed by atoms with E-state index in [9.17, 15) is 18.0 Å². The van der Waals surface area contributed by atoms with Gasteiger partial charge in [0.1, 0.15) is 11.9 Å².